The first-order chi connectivity index (χ1) is 13.8. The first-order valence-electron chi connectivity index (χ1n) is 9.22. The molecule has 2 aromatic rings. The molecule has 5 N–H and O–H groups in total. The highest BCUT2D eigenvalue weighted by atomic mass is 16.5. The normalized spacial score (nSPS) is 19.8. The van der Waals surface area contributed by atoms with Gasteiger partial charge in [-0.05, 0) is 19.8 Å². The van der Waals surface area contributed by atoms with E-state index in [0.717, 1.165) is 12.8 Å². The van der Waals surface area contributed by atoms with Crippen molar-refractivity contribution >= 4 is 34.8 Å². The van der Waals surface area contributed by atoms with Crippen LogP contribution in [0.1, 0.15) is 38.8 Å². The molecule has 12 nitrogen and oxygen atoms in total. The van der Waals surface area contributed by atoms with Crippen LogP contribution in [0.5, 0.6) is 0 Å². The number of anilines is 1. The molecule has 156 valence electrons. The monoisotopic (exact) mass is 405 g/mol. The Morgan fingerprint density at radius 1 is 1.31 bits per heavy atom. The fourth-order valence-corrected chi connectivity index (χ4v) is 3.09. The lowest BCUT2D eigenvalue weighted by Crippen LogP contribution is -2.46. The molecule has 12 heteroatoms. The molecule has 1 saturated heterocycles. The van der Waals surface area contributed by atoms with Crippen molar-refractivity contribution in [1.82, 2.24) is 30.2 Å². The number of aromatic nitrogens is 4. The molecule has 1 aliphatic heterocycles. The van der Waals surface area contributed by atoms with Crippen LogP contribution in [0, 0.1) is 0 Å². The molecule has 0 saturated carbocycles. The number of carbonyl (C=O) groups excluding carboxylic acids is 2. The second-order valence-electron chi connectivity index (χ2n) is 6.80. The Hall–Kier alpha value is -3.28. The van der Waals surface area contributed by atoms with Crippen LogP contribution in [-0.2, 0) is 19.1 Å². The summed E-state index contributed by atoms with van der Waals surface area (Å²) in [6.07, 6.45) is 3.50. The van der Waals surface area contributed by atoms with E-state index in [4.69, 9.17) is 15.6 Å². The van der Waals surface area contributed by atoms with E-state index in [1.807, 2.05) is 0 Å². The molecule has 0 bridgehead atoms. The average molecular weight is 405 g/mol. The van der Waals surface area contributed by atoms with E-state index in [1.54, 1.807) is 10.9 Å². The van der Waals surface area contributed by atoms with Crippen LogP contribution in [0.3, 0.4) is 0 Å². The summed E-state index contributed by atoms with van der Waals surface area (Å²) in [6.45, 7) is 1.82. The molecular weight excluding hydrogens is 382 g/mol. The summed E-state index contributed by atoms with van der Waals surface area (Å²) in [4.78, 5) is 46.6. The van der Waals surface area contributed by atoms with Crippen molar-refractivity contribution in [2.75, 3.05) is 12.3 Å². The minimum absolute atomic E-state index is 0.173. The van der Waals surface area contributed by atoms with Gasteiger partial charge < -0.3 is 26.2 Å². The number of carboxylic acid groups (broad SMARTS) is 1. The number of nitrogens with one attached hydrogen (secondary N) is 2. The third-order valence-electron chi connectivity index (χ3n) is 4.62. The van der Waals surface area contributed by atoms with Gasteiger partial charge >= 0.3 is 5.97 Å². The van der Waals surface area contributed by atoms with Gasteiger partial charge in [0.1, 0.15) is 24.1 Å². The fourth-order valence-electron chi connectivity index (χ4n) is 3.09. The average Bonchev–Trinajstić information content (AvgIpc) is 3.31. The molecule has 1 aliphatic rings. The second kappa shape index (κ2) is 8.82. The number of rotatable bonds is 8. The number of carbonyl (C=O) groups is 3. The van der Waals surface area contributed by atoms with Gasteiger partial charge in [-0.1, -0.05) is 0 Å². The van der Waals surface area contributed by atoms with E-state index in [0.29, 0.717) is 17.0 Å². The summed E-state index contributed by atoms with van der Waals surface area (Å²) in [5.74, 6) is -1.62. The second-order valence-corrected chi connectivity index (χ2v) is 6.80. The molecule has 2 amide bonds. The van der Waals surface area contributed by atoms with Crippen molar-refractivity contribution < 1.29 is 24.2 Å². The number of nitrogen functional groups attached to an aromatic ring is 1. The minimum atomic E-state index is -1.06. The summed E-state index contributed by atoms with van der Waals surface area (Å²) in [6, 6.07) is -0.772. The maximum absolute atomic E-state index is 12.2. The summed E-state index contributed by atoms with van der Waals surface area (Å²) in [5, 5.41) is 13.8. The molecule has 0 aliphatic carbocycles. The lowest BCUT2D eigenvalue weighted by atomic mass is 10.2. The Morgan fingerprint density at radius 2 is 2.10 bits per heavy atom. The molecule has 3 rings (SSSR count). The van der Waals surface area contributed by atoms with Crippen molar-refractivity contribution in [1.29, 1.82) is 0 Å². The van der Waals surface area contributed by atoms with Gasteiger partial charge in [0, 0.05) is 13.0 Å². The Bertz CT molecular complexity index is 915. The van der Waals surface area contributed by atoms with Gasteiger partial charge in [0.15, 0.2) is 11.5 Å². The number of amides is 2. The van der Waals surface area contributed by atoms with Gasteiger partial charge in [-0.25, -0.2) is 15.0 Å². The third kappa shape index (κ3) is 4.96. The molecule has 2 aromatic heterocycles. The molecule has 3 heterocycles. The molecule has 29 heavy (non-hydrogen) atoms. The molecule has 2 unspecified atom stereocenters. The standard InChI is InChI=1S/C17H23N7O5/c1-9(23-11(25)3-5-13(26)27)17(28)19-6-10-2-4-12(29-10)24-8-22-14-15(18)20-7-21-16(14)24/h7-10,12H,2-6H2,1H3,(H,19,28)(H,23,25)(H,26,27)(H2,18,20,21)/t9?,10?,12-/m1/s1. The maximum Gasteiger partial charge on any atom is 0.303 e. The SMILES string of the molecule is CC(NC(=O)CCC(=O)O)C(=O)NCC1CC[C@H](n2cnc3c(N)ncnc32)O1. The smallest absolute Gasteiger partial charge is 0.303 e. The Labute approximate surface area is 165 Å². The van der Waals surface area contributed by atoms with Crippen LogP contribution in [0.4, 0.5) is 5.82 Å². The number of hydrogen-bond donors (Lipinski definition) is 4. The highest BCUT2D eigenvalue weighted by molar-refractivity contribution is 5.88. The predicted octanol–water partition coefficient (Wildman–Crippen LogP) is -0.428. The van der Waals surface area contributed by atoms with Gasteiger partial charge in [0.2, 0.25) is 11.8 Å². The largest absolute Gasteiger partial charge is 0.481 e. The first-order valence-corrected chi connectivity index (χ1v) is 9.22. The van der Waals surface area contributed by atoms with Gasteiger partial charge in [-0.2, -0.15) is 0 Å². The van der Waals surface area contributed by atoms with Crippen molar-refractivity contribution in [3.8, 4) is 0 Å². The van der Waals surface area contributed by atoms with Crippen molar-refractivity contribution in [2.45, 2.75) is 51.0 Å². The number of imidazole rings is 1. The van der Waals surface area contributed by atoms with Gasteiger partial charge in [0.05, 0.1) is 18.9 Å². The molecule has 1 fully saturated rings. The van der Waals surface area contributed by atoms with Crippen molar-refractivity contribution in [2.24, 2.45) is 0 Å². The predicted molar refractivity (Wildman–Crippen MR) is 100 cm³/mol. The molecule has 3 atom stereocenters. The van der Waals surface area contributed by atoms with Crippen LogP contribution in [-0.4, -0.2) is 61.1 Å². The number of fused-ring (bicyclic) bond motifs is 1. The summed E-state index contributed by atoms with van der Waals surface area (Å²) in [7, 11) is 0. The summed E-state index contributed by atoms with van der Waals surface area (Å²) >= 11 is 0. The highest BCUT2D eigenvalue weighted by Gasteiger charge is 2.29. The Balaban J connectivity index is 1.47. The Kier molecular flexibility index (Phi) is 6.22. The number of ether oxygens (including phenoxy) is 1. The zero-order valence-electron chi connectivity index (χ0n) is 15.9. The lowest BCUT2D eigenvalue weighted by molar-refractivity contribution is -0.139. The molecule has 0 radical (unpaired) electrons. The topological polar surface area (TPSA) is 174 Å². The number of nitrogens with zero attached hydrogens (tertiary/aromatic N) is 4. The zero-order chi connectivity index (χ0) is 21.0. The number of aliphatic carboxylic acids is 1. The van der Waals surface area contributed by atoms with Crippen LogP contribution in [0.15, 0.2) is 12.7 Å². The van der Waals surface area contributed by atoms with Crippen molar-refractivity contribution in [3.63, 3.8) is 0 Å². The van der Waals surface area contributed by atoms with E-state index in [2.05, 4.69) is 25.6 Å². The zero-order valence-corrected chi connectivity index (χ0v) is 15.9. The summed E-state index contributed by atoms with van der Waals surface area (Å²) < 4.78 is 7.78. The van der Waals surface area contributed by atoms with E-state index in [9.17, 15) is 14.4 Å². The maximum atomic E-state index is 12.2. The van der Waals surface area contributed by atoms with Crippen LogP contribution in [0.25, 0.3) is 11.2 Å². The fraction of sp³-hybridized carbons (Fsp3) is 0.529. The Morgan fingerprint density at radius 3 is 2.86 bits per heavy atom. The van der Waals surface area contributed by atoms with Crippen molar-refractivity contribution in [3.05, 3.63) is 12.7 Å². The number of nitrogens with two attached hydrogens (primary N) is 1. The molecule has 0 aromatic carbocycles. The quantitative estimate of drug-likeness (QED) is 0.454. The first kappa shape index (κ1) is 20.5. The van der Waals surface area contributed by atoms with E-state index in [-0.39, 0.29) is 37.6 Å². The van der Waals surface area contributed by atoms with Crippen LogP contribution >= 0.6 is 0 Å². The minimum Gasteiger partial charge on any atom is -0.481 e. The van der Waals surface area contributed by atoms with Gasteiger partial charge in [-0.3, -0.25) is 19.0 Å². The van der Waals surface area contributed by atoms with E-state index in [1.165, 1.54) is 13.3 Å². The molecule has 0 spiro atoms. The number of carboxylic acids is 1. The van der Waals surface area contributed by atoms with Gasteiger partial charge in [-0.15, -0.1) is 0 Å². The number of hydrogen-bond acceptors (Lipinski definition) is 8. The highest BCUT2D eigenvalue weighted by Crippen LogP contribution is 2.30. The van der Waals surface area contributed by atoms with Gasteiger partial charge in [0.25, 0.3) is 0 Å². The molecular formula is C17H23N7O5. The van der Waals surface area contributed by atoms with Crippen LogP contribution < -0.4 is 16.4 Å². The summed E-state index contributed by atoms with van der Waals surface area (Å²) in [5.41, 5.74) is 6.90. The third-order valence-corrected chi connectivity index (χ3v) is 4.62. The van der Waals surface area contributed by atoms with E-state index >= 15 is 0 Å². The van der Waals surface area contributed by atoms with Crippen LogP contribution in [0.2, 0.25) is 0 Å². The lowest BCUT2D eigenvalue weighted by Gasteiger charge is -2.18. The van der Waals surface area contributed by atoms with E-state index < -0.39 is 17.9 Å².